The van der Waals surface area contributed by atoms with Crippen LogP contribution in [0.5, 0.6) is 0 Å². The summed E-state index contributed by atoms with van der Waals surface area (Å²) in [6.45, 7) is 2.06. The maximum absolute atomic E-state index is 12.4. The van der Waals surface area contributed by atoms with Crippen LogP contribution in [-0.4, -0.2) is 28.9 Å². The normalized spacial score (nSPS) is 12.2. The number of amides is 1. The quantitative estimate of drug-likeness (QED) is 0.798. The zero-order valence-electron chi connectivity index (χ0n) is 10.8. The molecule has 0 spiro atoms. The van der Waals surface area contributed by atoms with E-state index in [1.807, 2.05) is 13.1 Å². The van der Waals surface area contributed by atoms with Crippen LogP contribution in [0.1, 0.15) is 22.2 Å². The average Bonchev–Trinajstić information content (AvgIpc) is 2.90. The highest BCUT2D eigenvalue weighted by Crippen LogP contribution is 2.18. The fourth-order valence-electron chi connectivity index (χ4n) is 1.79. The summed E-state index contributed by atoms with van der Waals surface area (Å²) in [7, 11) is 1.83. The van der Waals surface area contributed by atoms with Gasteiger partial charge in [-0.05, 0) is 46.4 Å². The fourth-order valence-corrected chi connectivity index (χ4v) is 3.04. The number of nitrogens with zero attached hydrogens (tertiary/aromatic N) is 2. The van der Waals surface area contributed by atoms with Gasteiger partial charge in [0.2, 0.25) is 0 Å². The number of rotatable bonds is 4. The van der Waals surface area contributed by atoms with E-state index >= 15 is 0 Å². The molecule has 0 fully saturated rings. The predicted molar refractivity (Wildman–Crippen MR) is 81.5 cm³/mol. The van der Waals surface area contributed by atoms with Gasteiger partial charge in [-0.2, -0.15) is 0 Å². The maximum atomic E-state index is 12.4. The Bertz CT molecular complexity index is 556. The van der Waals surface area contributed by atoms with E-state index in [1.54, 1.807) is 34.6 Å². The summed E-state index contributed by atoms with van der Waals surface area (Å²) in [5.74, 6) is -0.0102. The number of thiophene rings is 1. The summed E-state index contributed by atoms with van der Waals surface area (Å²) in [6.07, 6.45) is 2.54. The van der Waals surface area contributed by atoms with Gasteiger partial charge in [0, 0.05) is 30.6 Å². The van der Waals surface area contributed by atoms with Crippen LogP contribution in [0.15, 0.2) is 40.4 Å². The van der Waals surface area contributed by atoms with E-state index in [-0.39, 0.29) is 11.9 Å². The second kappa shape index (κ2) is 6.30. The Labute approximate surface area is 125 Å². The fraction of sp³-hybridized carbons (Fsp3) is 0.286. The molecule has 1 amide bonds. The van der Waals surface area contributed by atoms with Crippen molar-refractivity contribution in [2.45, 2.75) is 19.4 Å². The van der Waals surface area contributed by atoms with E-state index in [4.69, 9.17) is 0 Å². The first-order valence-electron chi connectivity index (χ1n) is 5.99. The molecule has 0 saturated heterocycles. The van der Waals surface area contributed by atoms with Crippen LogP contribution in [0.25, 0.3) is 0 Å². The van der Waals surface area contributed by atoms with Crippen LogP contribution in [0.2, 0.25) is 0 Å². The molecular formula is C14H15BrN2OS. The first kappa shape index (κ1) is 14.2. The van der Waals surface area contributed by atoms with E-state index in [9.17, 15) is 4.79 Å². The van der Waals surface area contributed by atoms with Gasteiger partial charge in [0.15, 0.2) is 0 Å². The molecule has 1 atom stereocenters. The number of halogens is 1. The summed E-state index contributed by atoms with van der Waals surface area (Å²) in [5, 5.41) is 2.06. The molecule has 0 radical (unpaired) electrons. The van der Waals surface area contributed by atoms with E-state index in [0.717, 1.165) is 6.42 Å². The highest BCUT2D eigenvalue weighted by atomic mass is 79.9. The zero-order valence-corrected chi connectivity index (χ0v) is 13.2. The Morgan fingerprint density at radius 3 is 2.89 bits per heavy atom. The van der Waals surface area contributed by atoms with Crippen molar-refractivity contribution >= 4 is 33.2 Å². The van der Waals surface area contributed by atoms with Crippen LogP contribution in [-0.2, 0) is 6.42 Å². The Balaban J connectivity index is 2.09. The molecule has 19 heavy (non-hydrogen) atoms. The molecule has 0 aliphatic rings. The van der Waals surface area contributed by atoms with Gasteiger partial charge < -0.3 is 4.90 Å². The van der Waals surface area contributed by atoms with E-state index in [1.165, 1.54) is 4.88 Å². The van der Waals surface area contributed by atoms with Crippen molar-refractivity contribution in [2.75, 3.05) is 7.05 Å². The van der Waals surface area contributed by atoms with Crippen LogP contribution < -0.4 is 0 Å². The number of hydrogen-bond acceptors (Lipinski definition) is 3. The monoisotopic (exact) mass is 338 g/mol. The number of aromatic nitrogens is 1. The van der Waals surface area contributed by atoms with Crippen LogP contribution in [0, 0.1) is 0 Å². The van der Waals surface area contributed by atoms with Crippen molar-refractivity contribution in [3.8, 4) is 0 Å². The van der Waals surface area contributed by atoms with E-state index < -0.39 is 0 Å². The third-order valence-electron chi connectivity index (χ3n) is 3.05. The standard InChI is InChI=1S/C14H15BrN2OS/c1-10(9-11-5-4-8-19-11)17(2)14(18)12-6-3-7-16-13(12)15/h3-8,10H,9H2,1-2H3. The predicted octanol–water partition coefficient (Wildman–Crippen LogP) is 3.61. The topological polar surface area (TPSA) is 33.2 Å². The van der Waals surface area contributed by atoms with Crippen molar-refractivity contribution < 1.29 is 4.79 Å². The lowest BCUT2D eigenvalue weighted by Gasteiger charge is -2.25. The van der Waals surface area contributed by atoms with Crippen molar-refractivity contribution in [1.82, 2.24) is 9.88 Å². The number of hydrogen-bond donors (Lipinski definition) is 0. The Hall–Kier alpha value is -1.20. The molecule has 0 aromatic carbocycles. The van der Waals surface area contributed by atoms with Gasteiger partial charge in [-0.25, -0.2) is 4.98 Å². The lowest BCUT2D eigenvalue weighted by atomic mass is 10.1. The summed E-state index contributed by atoms with van der Waals surface area (Å²) >= 11 is 5.04. The lowest BCUT2D eigenvalue weighted by Crippen LogP contribution is -2.36. The van der Waals surface area contributed by atoms with E-state index in [2.05, 4.69) is 39.3 Å². The smallest absolute Gasteiger partial charge is 0.256 e. The zero-order chi connectivity index (χ0) is 13.8. The number of pyridine rings is 1. The minimum atomic E-state index is -0.0102. The molecular weight excluding hydrogens is 324 g/mol. The van der Waals surface area contributed by atoms with Crippen molar-refractivity contribution in [1.29, 1.82) is 0 Å². The maximum Gasteiger partial charge on any atom is 0.256 e. The van der Waals surface area contributed by atoms with Gasteiger partial charge in [0.1, 0.15) is 4.60 Å². The van der Waals surface area contributed by atoms with Gasteiger partial charge in [0.05, 0.1) is 5.56 Å². The molecule has 2 aromatic rings. The summed E-state index contributed by atoms with van der Waals surface area (Å²) in [5.41, 5.74) is 0.600. The Kier molecular flexibility index (Phi) is 4.71. The van der Waals surface area contributed by atoms with Gasteiger partial charge in [0.25, 0.3) is 5.91 Å². The third kappa shape index (κ3) is 3.42. The summed E-state index contributed by atoms with van der Waals surface area (Å²) < 4.78 is 0.593. The van der Waals surface area contributed by atoms with Crippen molar-refractivity contribution in [3.63, 3.8) is 0 Å². The highest BCUT2D eigenvalue weighted by Gasteiger charge is 2.20. The Morgan fingerprint density at radius 2 is 2.26 bits per heavy atom. The van der Waals surface area contributed by atoms with Gasteiger partial charge in [-0.3, -0.25) is 4.79 Å². The highest BCUT2D eigenvalue weighted by molar-refractivity contribution is 9.10. The number of likely N-dealkylation sites (N-methyl/N-ethyl adjacent to an activating group) is 1. The Morgan fingerprint density at radius 1 is 1.47 bits per heavy atom. The molecule has 3 nitrogen and oxygen atoms in total. The first-order chi connectivity index (χ1) is 9.09. The largest absolute Gasteiger partial charge is 0.339 e. The molecule has 2 aromatic heterocycles. The van der Waals surface area contributed by atoms with Crippen molar-refractivity contribution in [3.05, 3.63) is 50.9 Å². The molecule has 0 bridgehead atoms. The molecule has 2 heterocycles. The van der Waals surface area contributed by atoms with E-state index in [0.29, 0.717) is 10.2 Å². The van der Waals surface area contributed by atoms with Crippen LogP contribution >= 0.6 is 27.3 Å². The third-order valence-corrected chi connectivity index (χ3v) is 4.58. The average molecular weight is 339 g/mol. The summed E-state index contributed by atoms with van der Waals surface area (Å²) in [4.78, 5) is 19.5. The molecule has 0 aliphatic heterocycles. The van der Waals surface area contributed by atoms with Gasteiger partial charge in [-0.15, -0.1) is 11.3 Å². The minimum absolute atomic E-state index is 0.0102. The van der Waals surface area contributed by atoms with Gasteiger partial charge in [-0.1, -0.05) is 6.07 Å². The summed E-state index contributed by atoms with van der Waals surface area (Å²) in [6, 6.07) is 7.84. The minimum Gasteiger partial charge on any atom is -0.339 e. The first-order valence-corrected chi connectivity index (χ1v) is 7.67. The SMILES string of the molecule is CC(Cc1cccs1)N(C)C(=O)c1cccnc1Br. The molecule has 0 aliphatic carbocycles. The van der Waals surface area contributed by atoms with Crippen LogP contribution in [0.4, 0.5) is 0 Å². The molecule has 2 rings (SSSR count). The van der Waals surface area contributed by atoms with Crippen molar-refractivity contribution in [2.24, 2.45) is 0 Å². The lowest BCUT2D eigenvalue weighted by molar-refractivity contribution is 0.0742. The number of carbonyl (C=O) groups is 1. The second-order valence-electron chi connectivity index (χ2n) is 4.39. The molecule has 5 heteroatoms. The van der Waals surface area contributed by atoms with Gasteiger partial charge >= 0.3 is 0 Å². The molecule has 0 N–H and O–H groups in total. The molecule has 0 saturated carbocycles. The second-order valence-corrected chi connectivity index (χ2v) is 6.17. The van der Waals surface area contributed by atoms with Crippen LogP contribution in [0.3, 0.4) is 0 Å². The molecule has 1 unspecified atom stereocenters. The number of carbonyl (C=O) groups excluding carboxylic acids is 1. The molecule has 100 valence electrons.